The van der Waals surface area contributed by atoms with E-state index in [1.54, 1.807) is 0 Å². The molecule has 5 nitrogen and oxygen atoms in total. The monoisotopic (exact) mass is 435 g/mol. The number of rotatable bonds is 6. The average Bonchev–Trinajstić information content (AvgIpc) is 2.93. The van der Waals surface area contributed by atoms with E-state index < -0.39 is 18.0 Å². The first-order valence-electron chi connectivity index (χ1n) is 9.82. The van der Waals surface area contributed by atoms with Gasteiger partial charge in [0, 0.05) is 17.0 Å². The molecule has 0 saturated heterocycles. The van der Waals surface area contributed by atoms with Crippen LogP contribution in [0.3, 0.4) is 0 Å². The van der Waals surface area contributed by atoms with Crippen molar-refractivity contribution in [1.82, 2.24) is 4.57 Å². The van der Waals surface area contributed by atoms with Crippen molar-refractivity contribution in [3.05, 3.63) is 65.2 Å². The zero-order valence-corrected chi connectivity index (χ0v) is 17.1. The Balaban J connectivity index is 2.18. The number of aromatic hydroxyl groups is 4. The van der Waals surface area contributed by atoms with Gasteiger partial charge in [-0.15, -0.1) is 0 Å². The molecule has 3 aromatic rings. The predicted octanol–water partition coefficient (Wildman–Crippen LogP) is 5.72. The number of hydrogen-bond donors (Lipinski definition) is 4. The lowest BCUT2D eigenvalue weighted by Crippen LogP contribution is -2.24. The van der Waals surface area contributed by atoms with Gasteiger partial charge in [0.25, 0.3) is 0 Å². The summed E-state index contributed by atoms with van der Waals surface area (Å²) in [6, 6.07) is 11.5. The predicted molar refractivity (Wildman–Crippen MR) is 110 cm³/mol. The Labute approximate surface area is 177 Å². The molecule has 0 saturated carbocycles. The highest BCUT2D eigenvalue weighted by Crippen LogP contribution is 2.47. The van der Waals surface area contributed by atoms with Crippen LogP contribution in [0.5, 0.6) is 23.3 Å². The number of phenols is 2. The molecular formula is C23H24F3NO4. The van der Waals surface area contributed by atoms with Gasteiger partial charge in [0.15, 0.2) is 0 Å². The second kappa shape index (κ2) is 8.45. The van der Waals surface area contributed by atoms with Gasteiger partial charge >= 0.3 is 6.18 Å². The molecule has 0 aliphatic carbocycles. The van der Waals surface area contributed by atoms with Crippen LogP contribution in [0.2, 0.25) is 0 Å². The van der Waals surface area contributed by atoms with E-state index in [0.29, 0.717) is 11.3 Å². The fourth-order valence-electron chi connectivity index (χ4n) is 3.88. The number of benzene rings is 2. The van der Waals surface area contributed by atoms with Gasteiger partial charge in [0.1, 0.15) is 11.5 Å². The molecule has 2 aromatic carbocycles. The fourth-order valence-corrected chi connectivity index (χ4v) is 3.88. The third-order valence-corrected chi connectivity index (χ3v) is 5.63. The van der Waals surface area contributed by atoms with E-state index in [9.17, 15) is 33.6 Å². The van der Waals surface area contributed by atoms with E-state index in [0.717, 1.165) is 4.57 Å². The van der Waals surface area contributed by atoms with Crippen LogP contribution < -0.4 is 0 Å². The average molecular weight is 435 g/mol. The number of aromatic nitrogens is 1. The smallest absolute Gasteiger partial charge is 0.391 e. The third kappa shape index (κ3) is 4.42. The Bertz CT molecular complexity index is 1040. The molecule has 0 fully saturated rings. The maximum absolute atomic E-state index is 13.6. The van der Waals surface area contributed by atoms with Crippen molar-refractivity contribution in [3.8, 4) is 28.9 Å². The summed E-state index contributed by atoms with van der Waals surface area (Å²) in [6.07, 6.45) is -4.89. The summed E-state index contributed by atoms with van der Waals surface area (Å²) in [7, 11) is 0. The van der Waals surface area contributed by atoms with Crippen molar-refractivity contribution in [1.29, 1.82) is 0 Å². The molecule has 1 heterocycles. The van der Waals surface area contributed by atoms with Crippen molar-refractivity contribution in [2.75, 3.05) is 0 Å². The van der Waals surface area contributed by atoms with Crippen LogP contribution in [0.1, 0.15) is 42.4 Å². The minimum absolute atomic E-state index is 0.00948. The Morgan fingerprint density at radius 1 is 0.839 bits per heavy atom. The summed E-state index contributed by atoms with van der Waals surface area (Å²) >= 11 is 0. The zero-order chi connectivity index (χ0) is 22.9. The molecule has 8 heteroatoms. The van der Waals surface area contributed by atoms with Crippen LogP contribution in [-0.2, 0) is 0 Å². The first kappa shape index (κ1) is 22.4. The Morgan fingerprint density at radius 2 is 1.35 bits per heavy atom. The third-order valence-electron chi connectivity index (χ3n) is 5.63. The summed E-state index contributed by atoms with van der Waals surface area (Å²) in [5.74, 6) is -3.22. The van der Waals surface area contributed by atoms with Crippen molar-refractivity contribution >= 4 is 0 Å². The Kier molecular flexibility index (Phi) is 6.10. The highest BCUT2D eigenvalue weighted by Gasteiger charge is 2.41. The summed E-state index contributed by atoms with van der Waals surface area (Å²) in [4.78, 5) is 0. The molecule has 2 atom stereocenters. The van der Waals surface area contributed by atoms with Crippen LogP contribution in [0, 0.1) is 12.8 Å². The topological polar surface area (TPSA) is 85.9 Å². The van der Waals surface area contributed by atoms with E-state index in [1.807, 2.05) is 0 Å². The Hall–Kier alpha value is -3.29. The molecule has 3 rings (SSSR count). The van der Waals surface area contributed by atoms with Crippen LogP contribution in [0.15, 0.2) is 48.5 Å². The molecule has 0 radical (unpaired) electrons. The highest BCUT2D eigenvalue weighted by molar-refractivity contribution is 5.56. The largest absolute Gasteiger partial charge is 0.508 e. The van der Waals surface area contributed by atoms with Crippen LogP contribution in [0.4, 0.5) is 13.2 Å². The molecule has 0 bridgehead atoms. The molecule has 31 heavy (non-hydrogen) atoms. The van der Waals surface area contributed by atoms with Crippen molar-refractivity contribution in [3.63, 3.8) is 0 Å². The van der Waals surface area contributed by atoms with Crippen LogP contribution in [-0.4, -0.2) is 31.2 Å². The van der Waals surface area contributed by atoms with Gasteiger partial charge < -0.3 is 20.4 Å². The van der Waals surface area contributed by atoms with Gasteiger partial charge in [0.05, 0.1) is 11.6 Å². The molecule has 1 aromatic heterocycles. The molecule has 0 spiro atoms. The lowest BCUT2D eigenvalue weighted by molar-refractivity contribution is -0.177. The molecule has 166 valence electrons. The van der Waals surface area contributed by atoms with E-state index in [-0.39, 0.29) is 47.2 Å². The molecule has 2 unspecified atom stereocenters. The number of hydrogen-bond acceptors (Lipinski definition) is 4. The minimum atomic E-state index is -4.42. The van der Waals surface area contributed by atoms with Crippen LogP contribution in [0.25, 0.3) is 5.69 Å². The minimum Gasteiger partial charge on any atom is -0.508 e. The lowest BCUT2D eigenvalue weighted by Gasteiger charge is -2.25. The molecule has 0 aliphatic heterocycles. The maximum Gasteiger partial charge on any atom is 0.391 e. The van der Waals surface area contributed by atoms with Gasteiger partial charge in [0.2, 0.25) is 11.8 Å². The SMILES string of the molecule is CCC(CC(c1ccc(O)cc1)c1c(C)c(O)n(-c2ccc(O)cc2)c1O)C(F)(F)F. The molecular weight excluding hydrogens is 411 g/mol. The van der Waals surface area contributed by atoms with Gasteiger partial charge in [-0.25, -0.2) is 0 Å². The van der Waals surface area contributed by atoms with Gasteiger partial charge in [-0.05, 0) is 61.7 Å². The van der Waals surface area contributed by atoms with E-state index >= 15 is 0 Å². The Morgan fingerprint density at radius 3 is 1.84 bits per heavy atom. The second-order valence-corrected chi connectivity index (χ2v) is 7.56. The number of alkyl halides is 3. The van der Waals surface area contributed by atoms with E-state index in [2.05, 4.69) is 0 Å². The summed E-state index contributed by atoms with van der Waals surface area (Å²) in [5, 5.41) is 40.8. The zero-order valence-electron chi connectivity index (χ0n) is 17.1. The van der Waals surface area contributed by atoms with Gasteiger partial charge in [-0.1, -0.05) is 19.1 Å². The van der Waals surface area contributed by atoms with Crippen molar-refractivity contribution in [2.24, 2.45) is 5.92 Å². The molecule has 0 amide bonds. The maximum atomic E-state index is 13.6. The van der Waals surface area contributed by atoms with Crippen molar-refractivity contribution in [2.45, 2.75) is 38.8 Å². The first-order chi connectivity index (χ1) is 14.5. The highest BCUT2D eigenvalue weighted by atomic mass is 19.4. The summed E-state index contributed by atoms with van der Waals surface area (Å²) < 4.78 is 41.9. The van der Waals surface area contributed by atoms with Crippen molar-refractivity contribution < 1.29 is 33.6 Å². The summed E-state index contributed by atoms with van der Waals surface area (Å²) in [5.41, 5.74) is 1.25. The van der Waals surface area contributed by atoms with E-state index in [4.69, 9.17) is 0 Å². The normalized spacial score (nSPS) is 13.8. The first-order valence-corrected chi connectivity index (χ1v) is 9.82. The second-order valence-electron chi connectivity index (χ2n) is 7.56. The number of nitrogens with zero attached hydrogens (tertiary/aromatic N) is 1. The number of halogens is 3. The lowest BCUT2D eigenvalue weighted by atomic mass is 9.82. The van der Waals surface area contributed by atoms with E-state index in [1.165, 1.54) is 62.4 Å². The molecule has 4 N–H and O–H groups in total. The quantitative estimate of drug-likeness (QED) is 0.399. The number of phenolic OH excluding ortho intramolecular Hbond substituents is 2. The van der Waals surface area contributed by atoms with Crippen LogP contribution >= 0.6 is 0 Å². The molecule has 0 aliphatic rings. The van der Waals surface area contributed by atoms with Gasteiger partial charge in [-0.2, -0.15) is 13.2 Å². The van der Waals surface area contributed by atoms with Gasteiger partial charge in [-0.3, -0.25) is 4.57 Å². The standard InChI is InChI=1S/C23H24F3NO4/c1-3-15(23(24,25)26)12-19(14-4-8-17(28)9-5-14)20-13(2)21(30)27(22(20)31)16-6-10-18(29)11-7-16/h4-11,15,19,28-31H,3,12H2,1-2H3. The fraction of sp³-hybridized carbons (Fsp3) is 0.304. The summed E-state index contributed by atoms with van der Waals surface area (Å²) in [6.45, 7) is 2.99.